The summed E-state index contributed by atoms with van der Waals surface area (Å²) < 4.78 is 0. The zero-order chi connectivity index (χ0) is 18.5. The number of aryl methyl sites for hydroxylation is 1. The SMILES string of the molecule is CCN(CC)C(C(=O)N1CCN(c2nc(C)cs2)CC1)c1ccccc1. The van der Waals surface area contributed by atoms with Gasteiger partial charge in [-0.05, 0) is 25.6 Å². The Morgan fingerprint density at radius 2 is 1.81 bits per heavy atom. The number of hydrogen-bond acceptors (Lipinski definition) is 5. The summed E-state index contributed by atoms with van der Waals surface area (Å²) in [5.74, 6) is 0.217. The van der Waals surface area contributed by atoms with Crippen molar-refractivity contribution in [2.24, 2.45) is 0 Å². The van der Waals surface area contributed by atoms with Crippen LogP contribution in [0.25, 0.3) is 0 Å². The molecule has 1 aromatic carbocycles. The zero-order valence-corrected chi connectivity index (χ0v) is 16.7. The van der Waals surface area contributed by atoms with Crippen LogP contribution in [0.2, 0.25) is 0 Å². The minimum Gasteiger partial charge on any atom is -0.345 e. The number of carbonyl (C=O) groups excluding carboxylic acids is 1. The molecule has 5 nitrogen and oxygen atoms in total. The van der Waals surface area contributed by atoms with Gasteiger partial charge in [0.15, 0.2) is 5.13 Å². The molecule has 2 aromatic rings. The summed E-state index contributed by atoms with van der Waals surface area (Å²) in [7, 11) is 0. The van der Waals surface area contributed by atoms with Gasteiger partial charge in [-0.3, -0.25) is 9.69 Å². The fourth-order valence-electron chi connectivity index (χ4n) is 3.51. The third-order valence-corrected chi connectivity index (χ3v) is 6.01. The molecule has 1 aliphatic heterocycles. The van der Waals surface area contributed by atoms with E-state index < -0.39 is 0 Å². The molecule has 0 N–H and O–H groups in total. The predicted molar refractivity (Wildman–Crippen MR) is 108 cm³/mol. The third kappa shape index (κ3) is 4.07. The molecule has 2 heterocycles. The first-order valence-electron chi connectivity index (χ1n) is 9.38. The number of thiazole rings is 1. The molecule has 0 bridgehead atoms. The van der Waals surface area contributed by atoms with Gasteiger partial charge in [0.2, 0.25) is 5.91 Å². The molecule has 1 saturated heterocycles. The highest BCUT2D eigenvalue weighted by molar-refractivity contribution is 7.13. The molecule has 0 radical (unpaired) electrons. The fraction of sp³-hybridized carbons (Fsp3) is 0.500. The smallest absolute Gasteiger partial charge is 0.244 e. The van der Waals surface area contributed by atoms with Gasteiger partial charge >= 0.3 is 0 Å². The maximum atomic E-state index is 13.4. The van der Waals surface area contributed by atoms with E-state index in [2.05, 4.69) is 46.1 Å². The van der Waals surface area contributed by atoms with Gasteiger partial charge in [-0.1, -0.05) is 44.2 Å². The van der Waals surface area contributed by atoms with Crippen LogP contribution in [0.3, 0.4) is 0 Å². The molecule has 1 atom stereocenters. The standard InChI is InChI=1S/C20H28N4OS/c1-4-22(5-2)18(17-9-7-6-8-10-17)19(25)23-11-13-24(14-12-23)20-21-16(3)15-26-20/h6-10,15,18H,4-5,11-14H2,1-3H3. The molecule has 1 unspecified atom stereocenters. The maximum absolute atomic E-state index is 13.4. The van der Waals surface area contributed by atoms with E-state index in [1.165, 1.54) is 0 Å². The number of amides is 1. The van der Waals surface area contributed by atoms with Crippen molar-refractivity contribution < 1.29 is 4.79 Å². The highest BCUT2D eigenvalue weighted by Gasteiger charge is 2.32. The Morgan fingerprint density at radius 1 is 1.15 bits per heavy atom. The number of likely N-dealkylation sites (N-methyl/N-ethyl adjacent to an activating group) is 1. The van der Waals surface area contributed by atoms with Crippen LogP contribution in [0.5, 0.6) is 0 Å². The van der Waals surface area contributed by atoms with E-state index in [1.54, 1.807) is 11.3 Å². The van der Waals surface area contributed by atoms with Crippen molar-refractivity contribution >= 4 is 22.4 Å². The van der Waals surface area contributed by atoms with E-state index in [0.29, 0.717) is 0 Å². The molecule has 6 heteroatoms. The van der Waals surface area contributed by atoms with Gasteiger partial charge < -0.3 is 9.80 Å². The van der Waals surface area contributed by atoms with Crippen LogP contribution in [0, 0.1) is 6.92 Å². The molecule has 1 fully saturated rings. The van der Waals surface area contributed by atoms with Crippen molar-refractivity contribution in [3.05, 3.63) is 47.0 Å². The first-order valence-corrected chi connectivity index (χ1v) is 10.3. The molecule has 0 aliphatic carbocycles. The lowest BCUT2D eigenvalue weighted by Gasteiger charge is -2.38. The average molecular weight is 373 g/mol. The van der Waals surface area contributed by atoms with Crippen molar-refractivity contribution in [1.29, 1.82) is 0 Å². The molecule has 3 rings (SSSR count). The lowest BCUT2D eigenvalue weighted by atomic mass is 10.0. The number of piperazine rings is 1. The maximum Gasteiger partial charge on any atom is 0.244 e. The number of nitrogens with zero attached hydrogens (tertiary/aromatic N) is 4. The van der Waals surface area contributed by atoms with Crippen LogP contribution in [-0.2, 0) is 4.79 Å². The minimum atomic E-state index is -0.195. The van der Waals surface area contributed by atoms with Crippen molar-refractivity contribution in [2.45, 2.75) is 26.8 Å². The van der Waals surface area contributed by atoms with Gasteiger partial charge in [0.1, 0.15) is 6.04 Å². The summed E-state index contributed by atoms with van der Waals surface area (Å²) >= 11 is 1.68. The lowest BCUT2D eigenvalue weighted by molar-refractivity contribution is -0.137. The van der Waals surface area contributed by atoms with E-state index in [-0.39, 0.29) is 11.9 Å². The number of carbonyl (C=O) groups is 1. The van der Waals surface area contributed by atoms with E-state index in [9.17, 15) is 4.79 Å². The number of rotatable bonds is 6. The first-order chi connectivity index (χ1) is 12.6. The third-order valence-electron chi connectivity index (χ3n) is 5.00. The van der Waals surface area contributed by atoms with Crippen molar-refractivity contribution in [2.75, 3.05) is 44.2 Å². The molecule has 1 aliphatic rings. The Labute approximate surface area is 160 Å². The predicted octanol–water partition coefficient (Wildman–Crippen LogP) is 3.18. The lowest BCUT2D eigenvalue weighted by Crippen LogP contribution is -2.52. The van der Waals surface area contributed by atoms with Gasteiger partial charge in [0.25, 0.3) is 0 Å². The summed E-state index contributed by atoms with van der Waals surface area (Å²) in [6.07, 6.45) is 0. The van der Waals surface area contributed by atoms with Gasteiger partial charge in [0.05, 0.1) is 5.69 Å². The Kier molecular flexibility index (Phi) is 6.27. The summed E-state index contributed by atoms with van der Waals surface area (Å²) in [5.41, 5.74) is 2.15. The Morgan fingerprint density at radius 3 is 2.35 bits per heavy atom. The molecular weight excluding hydrogens is 344 g/mol. The van der Waals surface area contributed by atoms with Crippen LogP contribution in [-0.4, -0.2) is 60.0 Å². The summed E-state index contributed by atoms with van der Waals surface area (Å²) in [5, 5.41) is 3.15. The van der Waals surface area contributed by atoms with Gasteiger partial charge in [-0.25, -0.2) is 4.98 Å². The highest BCUT2D eigenvalue weighted by atomic mass is 32.1. The van der Waals surface area contributed by atoms with Crippen LogP contribution in [0.1, 0.15) is 31.1 Å². The number of aromatic nitrogens is 1. The Hall–Kier alpha value is -1.92. The zero-order valence-electron chi connectivity index (χ0n) is 15.9. The monoisotopic (exact) mass is 372 g/mol. The fourth-order valence-corrected chi connectivity index (χ4v) is 4.37. The summed E-state index contributed by atoms with van der Waals surface area (Å²) in [6.45, 7) is 11.2. The van der Waals surface area contributed by atoms with Crippen LogP contribution in [0.15, 0.2) is 35.7 Å². The molecular formula is C20H28N4OS. The largest absolute Gasteiger partial charge is 0.345 e. The quantitative estimate of drug-likeness (QED) is 0.781. The van der Waals surface area contributed by atoms with Crippen LogP contribution in [0.4, 0.5) is 5.13 Å². The highest BCUT2D eigenvalue weighted by Crippen LogP contribution is 2.25. The van der Waals surface area contributed by atoms with Crippen LogP contribution < -0.4 is 4.90 Å². The second-order valence-electron chi connectivity index (χ2n) is 6.62. The second kappa shape index (κ2) is 8.64. The van der Waals surface area contributed by atoms with Crippen molar-refractivity contribution in [3.63, 3.8) is 0 Å². The average Bonchev–Trinajstić information content (AvgIpc) is 3.12. The first kappa shape index (κ1) is 18.9. The van der Waals surface area contributed by atoms with Crippen LogP contribution >= 0.6 is 11.3 Å². The Balaban J connectivity index is 1.72. The number of hydrogen-bond donors (Lipinski definition) is 0. The van der Waals surface area contributed by atoms with E-state index in [1.807, 2.05) is 30.0 Å². The molecule has 1 amide bonds. The van der Waals surface area contributed by atoms with Gasteiger partial charge in [-0.15, -0.1) is 11.3 Å². The van der Waals surface area contributed by atoms with E-state index >= 15 is 0 Å². The van der Waals surface area contributed by atoms with Gasteiger partial charge in [0, 0.05) is 31.6 Å². The minimum absolute atomic E-state index is 0.195. The van der Waals surface area contributed by atoms with Gasteiger partial charge in [-0.2, -0.15) is 0 Å². The van der Waals surface area contributed by atoms with E-state index in [4.69, 9.17) is 0 Å². The topological polar surface area (TPSA) is 39.7 Å². The Bertz CT molecular complexity index is 706. The molecule has 0 saturated carbocycles. The number of benzene rings is 1. The van der Waals surface area contributed by atoms with Crippen molar-refractivity contribution in [3.8, 4) is 0 Å². The molecule has 26 heavy (non-hydrogen) atoms. The summed E-state index contributed by atoms with van der Waals surface area (Å²) in [6, 6.07) is 9.97. The van der Waals surface area contributed by atoms with E-state index in [0.717, 1.165) is 55.7 Å². The molecule has 140 valence electrons. The number of anilines is 1. The second-order valence-corrected chi connectivity index (χ2v) is 7.45. The van der Waals surface area contributed by atoms with Crippen molar-refractivity contribution in [1.82, 2.24) is 14.8 Å². The normalized spacial score (nSPS) is 16.2. The summed E-state index contributed by atoms with van der Waals surface area (Å²) in [4.78, 5) is 24.5. The molecule has 1 aromatic heterocycles. The molecule has 0 spiro atoms.